The smallest absolute Gasteiger partial charge is 0.277 e. The zero-order chi connectivity index (χ0) is 15.4. The number of carbonyl (C=O) groups is 1. The fraction of sp³-hybridized carbons (Fsp3) is 0.143. The Morgan fingerprint density at radius 2 is 2.05 bits per heavy atom. The first-order valence-corrected chi connectivity index (χ1v) is 6.46. The monoisotopic (exact) mass is 301 g/mol. The fourth-order valence-electron chi connectivity index (χ4n) is 1.70. The van der Waals surface area contributed by atoms with Gasteiger partial charge >= 0.3 is 5.91 Å². The van der Waals surface area contributed by atoms with E-state index >= 15 is 0 Å². The van der Waals surface area contributed by atoms with Crippen molar-refractivity contribution in [1.82, 2.24) is 9.78 Å². The maximum absolute atomic E-state index is 12.2. The van der Waals surface area contributed by atoms with Gasteiger partial charge in [0, 0.05) is 10.7 Å². The molecule has 0 atom stereocenters. The SMILES string of the molecule is Cc1cc(C)n(C(=O)/C(C#N)=N/Nc2ccc(Cl)cc2)n1. The van der Waals surface area contributed by atoms with Crippen LogP contribution in [0.1, 0.15) is 16.2 Å². The number of halogens is 1. The van der Waals surface area contributed by atoms with E-state index in [-0.39, 0.29) is 5.71 Å². The molecule has 0 spiro atoms. The molecular weight excluding hydrogens is 290 g/mol. The average Bonchev–Trinajstić information content (AvgIpc) is 2.80. The van der Waals surface area contributed by atoms with Gasteiger partial charge in [-0.3, -0.25) is 10.2 Å². The molecule has 0 aliphatic rings. The van der Waals surface area contributed by atoms with E-state index in [4.69, 9.17) is 16.9 Å². The van der Waals surface area contributed by atoms with Gasteiger partial charge in [-0.05, 0) is 44.2 Å². The van der Waals surface area contributed by atoms with Crippen molar-refractivity contribution in [1.29, 1.82) is 5.26 Å². The van der Waals surface area contributed by atoms with Gasteiger partial charge in [0.05, 0.1) is 11.4 Å². The first-order chi connectivity index (χ1) is 10.0. The van der Waals surface area contributed by atoms with Crippen LogP contribution in [0.25, 0.3) is 0 Å². The van der Waals surface area contributed by atoms with E-state index in [0.717, 1.165) is 4.68 Å². The first kappa shape index (κ1) is 14.8. The Morgan fingerprint density at radius 1 is 1.38 bits per heavy atom. The zero-order valence-corrected chi connectivity index (χ0v) is 12.2. The topological polar surface area (TPSA) is 83.1 Å². The summed E-state index contributed by atoms with van der Waals surface area (Å²) >= 11 is 5.77. The Labute approximate surface area is 126 Å². The van der Waals surface area contributed by atoms with Gasteiger partial charge in [-0.15, -0.1) is 0 Å². The number of aryl methyl sites for hydroxylation is 2. The van der Waals surface area contributed by atoms with Gasteiger partial charge in [-0.25, -0.2) is 0 Å². The molecule has 1 N–H and O–H groups in total. The molecule has 0 saturated heterocycles. The van der Waals surface area contributed by atoms with Gasteiger partial charge in [0.1, 0.15) is 6.07 Å². The normalized spacial score (nSPS) is 11.0. The lowest BCUT2D eigenvalue weighted by Crippen LogP contribution is -2.23. The van der Waals surface area contributed by atoms with Crippen molar-refractivity contribution in [2.45, 2.75) is 13.8 Å². The van der Waals surface area contributed by atoms with Crippen molar-refractivity contribution < 1.29 is 4.79 Å². The lowest BCUT2D eigenvalue weighted by atomic mass is 10.3. The van der Waals surface area contributed by atoms with Crippen LogP contribution in [0.2, 0.25) is 5.02 Å². The summed E-state index contributed by atoms with van der Waals surface area (Å²) in [5, 5.41) is 17.5. The van der Waals surface area contributed by atoms with Crippen molar-refractivity contribution in [2.24, 2.45) is 5.10 Å². The maximum Gasteiger partial charge on any atom is 0.309 e. The third-order valence-corrected chi connectivity index (χ3v) is 2.90. The predicted octanol–water partition coefficient (Wildman–Crippen LogP) is 2.79. The molecule has 0 amide bonds. The molecular formula is C14H12ClN5O. The molecule has 6 nitrogen and oxygen atoms in total. The number of nitriles is 1. The van der Waals surface area contributed by atoms with Gasteiger partial charge in [0.15, 0.2) is 0 Å². The van der Waals surface area contributed by atoms with Crippen LogP contribution in [0.3, 0.4) is 0 Å². The second-order valence-corrected chi connectivity index (χ2v) is 4.77. The van der Waals surface area contributed by atoms with E-state index in [1.54, 1.807) is 50.2 Å². The summed E-state index contributed by atoms with van der Waals surface area (Å²) in [6, 6.07) is 10.2. The van der Waals surface area contributed by atoms with Crippen LogP contribution in [0.15, 0.2) is 35.4 Å². The molecule has 1 aromatic carbocycles. The summed E-state index contributed by atoms with van der Waals surface area (Å²) in [5.41, 5.74) is 4.33. The van der Waals surface area contributed by atoms with E-state index in [0.29, 0.717) is 22.1 Å². The molecule has 0 unspecified atom stereocenters. The Kier molecular flexibility index (Phi) is 4.36. The minimum absolute atomic E-state index is 0.281. The molecule has 0 bridgehead atoms. The van der Waals surface area contributed by atoms with Crippen molar-refractivity contribution in [3.63, 3.8) is 0 Å². The molecule has 0 aliphatic heterocycles. The van der Waals surface area contributed by atoms with Gasteiger partial charge in [0.2, 0.25) is 5.71 Å². The largest absolute Gasteiger partial charge is 0.309 e. The van der Waals surface area contributed by atoms with Crippen LogP contribution < -0.4 is 5.43 Å². The van der Waals surface area contributed by atoms with E-state index in [2.05, 4.69) is 15.6 Å². The van der Waals surface area contributed by atoms with E-state index in [1.165, 1.54) is 0 Å². The zero-order valence-electron chi connectivity index (χ0n) is 11.5. The number of nitrogens with zero attached hydrogens (tertiary/aromatic N) is 4. The van der Waals surface area contributed by atoms with Crippen LogP contribution in [-0.4, -0.2) is 21.4 Å². The molecule has 0 fully saturated rings. The van der Waals surface area contributed by atoms with Crippen LogP contribution in [0.4, 0.5) is 5.69 Å². The van der Waals surface area contributed by atoms with Gasteiger partial charge < -0.3 is 0 Å². The second kappa shape index (κ2) is 6.20. The molecule has 7 heteroatoms. The molecule has 1 aromatic heterocycles. The molecule has 2 aromatic rings. The highest BCUT2D eigenvalue weighted by Crippen LogP contribution is 2.13. The second-order valence-electron chi connectivity index (χ2n) is 4.33. The van der Waals surface area contributed by atoms with Crippen LogP contribution in [-0.2, 0) is 0 Å². The van der Waals surface area contributed by atoms with E-state index in [1.807, 2.05) is 0 Å². The number of nitrogens with one attached hydrogen (secondary N) is 1. The molecule has 1 heterocycles. The summed E-state index contributed by atoms with van der Waals surface area (Å²) in [6.45, 7) is 3.51. The first-order valence-electron chi connectivity index (χ1n) is 6.08. The van der Waals surface area contributed by atoms with E-state index in [9.17, 15) is 4.79 Å². The molecule has 0 saturated carbocycles. The molecule has 106 valence electrons. The summed E-state index contributed by atoms with van der Waals surface area (Å²) in [7, 11) is 0. The van der Waals surface area contributed by atoms with E-state index < -0.39 is 5.91 Å². The van der Waals surface area contributed by atoms with Gasteiger partial charge in [0.25, 0.3) is 0 Å². The number of hydrazone groups is 1. The van der Waals surface area contributed by atoms with Crippen LogP contribution in [0, 0.1) is 25.2 Å². The molecule has 0 radical (unpaired) electrons. The summed E-state index contributed by atoms with van der Waals surface area (Å²) in [6.07, 6.45) is 0. The van der Waals surface area contributed by atoms with Crippen molar-refractivity contribution >= 4 is 28.9 Å². The fourth-order valence-corrected chi connectivity index (χ4v) is 1.83. The predicted molar refractivity (Wildman–Crippen MR) is 80.5 cm³/mol. The highest BCUT2D eigenvalue weighted by atomic mass is 35.5. The molecule has 0 aliphatic carbocycles. The number of aromatic nitrogens is 2. The summed E-state index contributed by atoms with van der Waals surface area (Å²) in [4.78, 5) is 12.2. The van der Waals surface area contributed by atoms with Crippen LogP contribution >= 0.6 is 11.6 Å². The standard InChI is InChI=1S/C14H12ClN5O/c1-9-7-10(2)20(19-9)14(21)13(8-16)18-17-12-5-3-11(15)4-6-12/h3-7,17H,1-2H3/b18-13+. The van der Waals surface area contributed by atoms with Crippen molar-refractivity contribution in [3.8, 4) is 6.07 Å². The number of benzene rings is 1. The Bertz CT molecular complexity index is 740. The number of hydrogen-bond acceptors (Lipinski definition) is 5. The summed E-state index contributed by atoms with van der Waals surface area (Å²) in [5.74, 6) is -0.579. The molecule has 2 rings (SSSR count). The van der Waals surface area contributed by atoms with Gasteiger partial charge in [-0.1, -0.05) is 11.6 Å². The van der Waals surface area contributed by atoms with Gasteiger partial charge in [-0.2, -0.15) is 20.1 Å². The third-order valence-electron chi connectivity index (χ3n) is 2.65. The Hall–Kier alpha value is -2.65. The number of carbonyl (C=O) groups excluding carboxylic acids is 1. The Morgan fingerprint density at radius 3 is 2.57 bits per heavy atom. The third kappa shape index (κ3) is 3.46. The average molecular weight is 302 g/mol. The minimum Gasteiger partial charge on any atom is -0.277 e. The van der Waals surface area contributed by atoms with Crippen molar-refractivity contribution in [2.75, 3.05) is 5.43 Å². The minimum atomic E-state index is -0.579. The lowest BCUT2D eigenvalue weighted by molar-refractivity contribution is 0.0974. The number of hydrogen-bond donors (Lipinski definition) is 1. The quantitative estimate of drug-likeness (QED) is 0.698. The lowest BCUT2D eigenvalue weighted by Gasteiger charge is -2.03. The molecule has 21 heavy (non-hydrogen) atoms. The number of rotatable bonds is 3. The Balaban J connectivity index is 2.21. The highest BCUT2D eigenvalue weighted by molar-refractivity contribution is 6.45. The highest BCUT2D eigenvalue weighted by Gasteiger charge is 2.17. The maximum atomic E-state index is 12.2. The van der Waals surface area contributed by atoms with Crippen molar-refractivity contribution in [3.05, 3.63) is 46.7 Å². The number of anilines is 1. The summed E-state index contributed by atoms with van der Waals surface area (Å²) < 4.78 is 1.15. The van der Waals surface area contributed by atoms with Crippen LogP contribution in [0.5, 0.6) is 0 Å².